The van der Waals surface area contributed by atoms with E-state index in [0.29, 0.717) is 10.0 Å². The van der Waals surface area contributed by atoms with E-state index >= 15 is 0 Å². The average molecular weight is 245 g/mol. The summed E-state index contributed by atoms with van der Waals surface area (Å²) in [7, 11) is 0. The molecule has 1 aliphatic heterocycles. The number of hydrogen-bond donors (Lipinski definition) is 2. The zero-order valence-corrected chi connectivity index (χ0v) is 9.91. The molecule has 0 amide bonds. The molecule has 1 heterocycles. The van der Waals surface area contributed by atoms with Gasteiger partial charge in [0.25, 0.3) is 0 Å². The standard InChI is InChI=1S/C11H14Cl2N2/c12-10-2-1-8(3-11(10)13)4-14-5-9-6-15-7-9/h1-3,9,14-15H,4-7H2. The first-order valence-electron chi connectivity index (χ1n) is 5.11. The van der Waals surface area contributed by atoms with Gasteiger partial charge in [0.05, 0.1) is 10.0 Å². The first-order valence-corrected chi connectivity index (χ1v) is 5.86. The fourth-order valence-corrected chi connectivity index (χ4v) is 1.88. The van der Waals surface area contributed by atoms with Crippen molar-refractivity contribution in [2.75, 3.05) is 19.6 Å². The molecule has 1 saturated heterocycles. The normalized spacial score (nSPS) is 16.4. The zero-order chi connectivity index (χ0) is 10.7. The summed E-state index contributed by atoms with van der Waals surface area (Å²) in [6.07, 6.45) is 0. The number of nitrogens with one attached hydrogen (secondary N) is 2. The summed E-state index contributed by atoms with van der Waals surface area (Å²) in [4.78, 5) is 0. The van der Waals surface area contributed by atoms with Crippen LogP contribution in [0.2, 0.25) is 10.0 Å². The van der Waals surface area contributed by atoms with Crippen molar-refractivity contribution in [2.24, 2.45) is 5.92 Å². The topological polar surface area (TPSA) is 24.1 Å². The van der Waals surface area contributed by atoms with E-state index in [4.69, 9.17) is 23.2 Å². The maximum atomic E-state index is 5.92. The van der Waals surface area contributed by atoms with Gasteiger partial charge in [-0.3, -0.25) is 0 Å². The van der Waals surface area contributed by atoms with E-state index < -0.39 is 0 Å². The largest absolute Gasteiger partial charge is 0.316 e. The fraction of sp³-hybridized carbons (Fsp3) is 0.455. The molecule has 0 aromatic heterocycles. The summed E-state index contributed by atoms with van der Waals surface area (Å²) >= 11 is 11.8. The maximum Gasteiger partial charge on any atom is 0.0595 e. The quantitative estimate of drug-likeness (QED) is 0.850. The van der Waals surface area contributed by atoms with Gasteiger partial charge in [-0.2, -0.15) is 0 Å². The summed E-state index contributed by atoms with van der Waals surface area (Å²) in [5.74, 6) is 0.785. The molecule has 0 radical (unpaired) electrons. The van der Waals surface area contributed by atoms with Crippen LogP contribution in [-0.4, -0.2) is 19.6 Å². The van der Waals surface area contributed by atoms with E-state index in [1.807, 2.05) is 18.2 Å². The van der Waals surface area contributed by atoms with Crippen molar-refractivity contribution in [3.63, 3.8) is 0 Å². The summed E-state index contributed by atoms with van der Waals surface area (Å²) in [6, 6.07) is 5.75. The highest BCUT2D eigenvalue weighted by Crippen LogP contribution is 2.22. The van der Waals surface area contributed by atoms with Crippen molar-refractivity contribution in [3.8, 4) is 0 Å². The third-order valence-electron chi connectivity index (χ3n) is 2.61. The first kappa shape index (κ1) is 11.2. The molecule has 82 valence electrons. The van der Waals surface area contributed by atoms with Gasteiger partial charge in [-0.15, -0.1) is 0 Å². The fourth-order valence-electron chi connectivity index (χ4n) is 1.56. The second-order valence-electron chi connectivity index (χ2n) is 3.90. The molecule has 2 N–H and O–H groups in total. The molecule has 0 saturated carbocycles. The predicted octanol–water partition coefficient (Wildman–Crippen LogP) is 2.30. The van der Waals surface area contributed by atoms with Crippen LogP contribution in [-0.2, 0) is 6.54 Å². The van der Waals surface area contributed by atoms with Crippen LogP contribution >= 0.6 is 23.2 Å². The molecule has 4 heteroatoms. The monoisotopic (exact) mass is 244 g/mol. The van der Waals surface area contributed by atoms with Gasteiger partial charge in [-0.25, -0.2) is 0 Å². The Morgan fingerprint density at radius 1 is 1.27 bits per heavy atom. The van der Waals surface area contributed by atoms with Crippen molar-refractivity contribution >= 4 is 23.2 Å². The van der Waals surface area contributed by atoms with Gasteiger partial charge in [-0.1, -0.05) is 29.3 Å². The summed E-state index contributed by atoms with van der Waals surface area (Å²) in [5, 5.41) is 7.90. The van der Waals surface area contributed by atoms with Crippen LogP contribution in [0, 0.1) is 5.92 Å². The minimum Gasteiger partial charge on any atom is -0.316 e. The molecule has 15 heavy (non-hydrogen) atoms. The lowest BCUT2D eigenvalue weighted by atomic mass is 10.0. The van der Waals surface area contributed by atoms with Gasteiger partial charge in [0.1, 0.15) is 0 Å². The number of rotatable bonds is 4. The summed E-state index contributed by atoms with van der Waals surface area (Å²) < 4.78 is 0. The Hall–Kier alpha value is -0.280. The van der Waals surface area contributed by atoms with Crippen LogP contribution in [0.3, 0.4) is 0 Å². The predicted molar refractivity (Wildman–Crippen MR) is 64.5 cm³/mol. The highest BCUT2D eigenvalue weighted by atomic mass is 35.5. The van der Waals surface area contributed by atoms with Gasteiger partial charge < -0.3 is 10.6 Å². The Bertz CT molecular complexity index is 337. The van der Waals surface area contributed by atoms with Crippen molar-refractivity contribution in [3.05, 3.63) is 33.8 Å². The second-order valence-corrected chi connectivity index (χ2v) is 4.72. The van der Waals surface area contributed by atoms with E-state index in [9.17, 15) is 0 Å². The van der Waals surface area contributed by atoms with Crippen molar-refractivity contribution in [1.82, 2.24) is 10.6 Å². The van der Waals surface area contributed by atoms with Crippen LogP contribution in [0.15, 0.2) is 18.2 Å². The molecule has 0 unspecified atom stereocenters. The molecule has 1 fully saturated rings. The lowest BCUT2D eigenvalue weighted by Gasteiger charge is -2.27. The molecule has 2 rings (SSSR count). The highest BCUT2D eigenvalue weighted by Gasteiger charge is 2.15. The maximum absolute atomic E-state index is 5.92. The number of benzene rings is 1. The summed E-state index contributed by atoms with van der Waals surface area (Å²) in [6.45, 7) is 4.18. The van der Waals surface area contributed by atoms with Crippen molar-refractivity contribution in [1.29, 1.82) is 0 Å². The van der Waals surface area contributed by atoms with Crippen LogP contribution in [0.1, 0.15) is 5.56 Å². The van der Waals surface area contributed by atoms with Gasteiger partial charge >= 0.3 is 0 Å². The second kappa shape index (κ2) is 5.17. The Kier molecular flexibility index (Phi) is 3.87. The van der Waals surface area contributed by atoms with Crippen LogP contribution in [0.25, 0.3) is 0 Å². The smallest absolute Gasteiger partial charge is 0.0595 e. The minimum atomic E-state index is 0.614. The lowest BCUT2D eigenvalue weighted by molar-refractivity contribution is 0.331. The Labute approximate surface area is 100.0 Å². The summed E-state index contributed by atoms with van der Waals surface area (Å²) in [5.41, 5.74) is 1.18. The van der Waals surface area contributed by atoms with E-state index in [1.165, 1.54) is 5.56 Å². The molecule has 1 aliphatic rings. The average Bonchev–Trinajstić information content (AvgIpc) is 2.15. The van der Waals surface area contributed by atoms with E-state index in [1.54, 1.807) is 0 Å². The molecule has 2 nitrogen and oxygen atoms in total. The minimum absolute atomic E-state index is 0.614. The first-order chi connectivity index (χ1) is 7.25. The van der Waals surface area contributed by atoms with Gasteiger partial charge in [-0.05, 0) is 23.6 Å². The molecule has 0 bridgehead atoms. The lowest BCUT2D eigenvalue weighted by Crippen LogP contribution is -2.47. The molecule has 1 aromatic carbocycles. The Morgan fingerprint density at radius 2 is 2.07 bits per heavy atom. The highest BCUT2D eigenvalue weighted by molar-refractivity contribution is 6.42. The Balaban J connectivity index is 1.79. The van der Waals surface area contributed by atoms with Crippen LogP contribution in [0.5, 0.6) is 0 Å². The molecule has 0 aliphatic carbocycles. The van der Waals surface area contributed by atoms with Crippen molar-refractivity contribution in [2.45, 2.75) is 6.54 Å². The third kappa shape index (κ3) is 3.08. The van der Waals surface area contributed by atoms with Gasteiger partial charge in [0.2, 0.25) is 0 Å². The molecule has 0 spiro atoms. The van der Waals surface area contributed by atoms with Gasteiger partial charge in [0.15, 0.2) is 0 Å². The van der Waals surface area contributed by atoms with E-state index in [2.05, 4.69) is 10.6 Å². The Morgan fingerprint density at radius 3 is 2.67 bits per heavy atom. The molecule has 1 aromatic rings. The van der Waals surface area contributed by atoms with E-state index in [-0.39, 0.29) is 0 Å². The number of halogens is 2. The van der Waals surface area contributed by atoms with Gasteiger partial charge in [0, 0.05) is 26.2 Å². The van der Waals surface area contributed by atoms with Crippen molar-refractivity contribution < 1.29 is 0 Å². The molecular formula is C11H14Cl2N2. The zero-order valence-electron chi connectivity index (χ0n) is 8.39. The van der Waals surface area contributed by atoms with E-state index in [0.717, 1.165) is 32.1 Å². The van der Waals surface area contributed by atoms with Crippen LogP contribution < -0.4 is 10.6 Å². The number of hydrogen-bond acceptors (Lipinski definition) is 2. The SMILES string of the molecule is Clc1ccc(CNCC2CNC2)cc1Cl. The molecular weight excluding hydrogens is 231 g/mol. The van der Waals surface area contributed by atoms with Crippen LogP contribution in [0.4, 0.5) is 0 Å². The molecule has 0 atom stereocenters. The third-order valence-corrected chi connectivity index (χ3v) is 3.35.